The third kappa shape index (κ3) is 4.69. The summed E-state index contributed by atoms with van der Waals surface area (Å²) in [6, 6.07) is 10.8. The van der Waals surface area contributed by atoms with Crippen LogP contribution in [-0.4, -0.2) is 18.5 Å². The van der Waals surface area contributed by atoms with Crippen molar-refractivity contribution in [1.29, 1.82) is 5.26 Å². The van der Waals surface area contributed by atoms with Crippen molar-refractivity contribution < 1.29 is 14.3 Å². The third-order valence-corrected chi connectivity index (χ3v) is 4.02. The van der Waals surface area contributed by atoms with Crippen molar-refractivity contribution in [1.82, 2.24) is 0 Å². The molecule has 0 atom stereocenters. The molecule has 22 heavy (non-hydrogen) atoms. The van der Waals surface area contributed by atoms with Crippen LogP contribution in [-0.2, 0) is 20.7 Å². The SMILES string of the molecule is N#Cc1ccsc1NC(=O)COC(=O)Cc1ccc(Br)cc1. The van der Waals surface area contributed by atoms with Crippen molar-refractivity contribution in [2.45, 2.75) is 6.42 Å². The van der Waals surface area contributed by atoms with Gasteiger partial charge in [0.05, 0.1) is 12.0 Å². The Morgan fingerprint density at radius 2 is 2.00 bits per heavy atom. The van der Waals surface area contributed by atoms with Crippen molar-refractivity contribution in [3.63, 3.8) is 0 Å². The lowest BCUT2D eigenvalue weighted by atomic mass is 10.2. The van der Waals surface area contributed by atoms with E-state index < -0.39 is 11.9 Å². The number of hydrogen-bond acceptors (Lipinski definition) is 5. The van der Waals surface area contributed by atoms with E-state index in [2.05, 4.69) is 21.2 Å². The van der Waals surface area contributed by atoms with Gasteiger partial charge in [-0.05, 0) is 29.1 Å². The van der Waals surface area contributed by atoms with Crippen LogP contribution in [0.2, 0.25) is 0 Å². The van der Waals surface area contributed by atoms with Crippen LogP contribution in [0.3, 0.4) is 0 Å². The molecule has 1 aromatic carbocycles. The largest absolute Gasteiger partial charge is 0.455 e. The van der Waals surface area contributed by atoms with Crippen molar-refractivity contribution in [3.8, 4) is 6.07 Å². The summed E-state index contributed by atoms with van der Waals surface area (Å²) in [6.07, 6.45) is 0.100. The summed E-state index contributed by atoms with van der Waals surface area (Å²) in [5, 5.41) is 13.5. The zero-order valence-electron chi connectivity index (χ0n) is 11.3. The van der Waals surface area contributed by atoms with E-state index >= 15 is 0 Å². The smallest absolute Gasteiger partial charge is 0.310 e. The monoisotopic (exact) mass is 378 g/mol. The van der Waals surface area contributed by atoms with Gasteiger partial charge in [-0.1, -0.05) is 28.1 Å². The van der Waals surface area contributed by atoms with Gasteiger partial charge in [-0.3, -0.25) is 9.59 Å². The molecule has 5 nitrogen and oxygen atoms in total. The fourth-order valence-electron chi connectivity index (χ4n) is 1.62. The first-order chi connectivity index (χ1) is 10.6. The second kappa shape index (κ2) is 7.73. The summed E-state index contributed by atoms with van der Waals surface area (Å²) < 4.78 is 5.84. The fraction of sp³-hybridized carbons (Fsp3) is 0.133. The molecule has 0 fully saturated rings. The highest BCUT2D eigenvalue weighted by atomic mass is 79.9. The first-order valence-corrected chi connectivity index (χ1v) is 7.93. The number of carbonyl (C=O) groups excluding carboxylic acids is 2. The molecule has 0 unspecified atom stereocenters. The van der Waals surface area contributed by atoms with E-state index in [0.29, 0.717) is 10.6 Å². The highest BCUT2D eigenvalue weighted by Crippen LogP contribution is 2.21. The predicted octanol–water partition coefficient (Wildman–Crippen LogP) is 3.11. The number of rotatable bonds is 5. The Hall–Kier alpha value is -2.17. The van der Waals surface area contributed by atoms with Gasteiger partial charge in [-0.2, -0.15) is 5.26 Å². The molecule has 0 aliphatic carbocycles. The maximum Gasteiger partial charge on any atom is 0.310 e. The average Bonchev–Trinajstić information content (AvgIpc) is 2.95. The zero-order valence-corrected chi connectivity index (χ0v) is 13.7. The highest BCUT2D eigenvalue weighted by molar-refractivity contribution is 9.10. The Kier molecular flexibility index (Phi) is 5.69. The Balaban J connectivity index is 1.80. The van der Waals surface area contributed by atoms with Crippen molar-refractivity contribution in [2.24, 2.45) is 0 Å². The number of halogens is 1. The van der Waals surface area contributed by atoms with Crippen LogP contribution in [0.4, 0.5) is 5.00 Å². The Morgan fingerprint density at radius 1 is 1.27 bits per heavy atom. The second-order valence-corrected chi connectivity index (χ2v) is 6.12. The van der Waals surface area contributed by atoms with Crippen LogP contribution in [0.1, 0.15) is 11.1 Å². The van der Waals surface area contributed by atoms with Crippen LogP contribution in [0, 0.1) is 11.3 Å². The molecule has 112 valence electrons. The van der Waals surface area contributed by atoms with E-state index in [1.54, 1.807) is 23.6 Å². The molecule has 2 aromatic rings. The first-order valence-electron chi connectivity index (χ1n) is 6.26. The molecule has 0 spiro atoms. The Bertz CT molecular complexity index is 719. The highest BCUT2D eigenvalue weighted by Gasteiger charge is 2.11. The van der Waals surface area contributed by atoms with Gasteiger partial charge in [0.15, 0.2) is 6.61 Å². The molecule has 1 aromatic heterocycles. The second-order valence-electron chi connectivity index (χ2n) is 4.29. The lowest BCUT2D eigenvalue weighted by molar-refractivity contribution is -0.146. The summed E-state index contributed by atoms with van der Waals surface area (Å²) >= 11 is 4.55. The lowest BCUT2D eigenvalue weighted by Gasteiger charge is -2.06. The van der Waals surface area contributed by atoms with Gasteiger partial charge in [0.1, 0.15) is 11.1 Å². The minimum absolute atomic E-state index is 0.100. The topological polar surface area (TPSA) is 79.2 Å². The fourth-order valence-corrected chi connectivity index (χ4v) is 2.64. The van der Waals surface area contributed by atoms with Gasteiger partial charge in [0.25, 0.3) is 5.91 Å². The van der Waals surface area contributed by atoms with Gasteiger partial charge in [0, 0.05) is 4.47 Å². The van der Waals surface area contributed by atoms with E-state index in [9.17, 15) is 9.59 Å². The summed E-state index contributed by atoms with van der Waals surface area (Å²) in [4.78, 5) is 23.3. The Morgan fingerprint density at radius 3 is 2.68 bits per heavy atom. The van der Waals surface area contributed by atoms with Gasteiger partial charge in [0.2, 0.25) is 0 Å². The number of anilines is 1. The summed E-state index contributed by atoms with van der Waals surface area (Å²) in [5.74, 6) is -0.952. The predicted molar refractivity (Wildman–Crippen MR) is 86.5 cm³/mol. The number of carbonyl (C=O) groups is 2. The molecule has 0 saturated carbocycles. The van der Waals surface area contributed by atoms with Crippen molar-refractivity contribution in [3.05, 3.63) is 51.3 Å². The number of nitrogens with one attached hydrogen (secondary N) is 1. The van der Waals surface area contributed by atoms with E-state index in [4.69, 9.17) is 10.00 Å². The van der Waals surface area contributed by atoms with Gasteiger partial charge in [-0.25, -0.2) is 0 Å². The number of ether oxygens (including phenoxy) is 1. The number of nitrogens with zero attached hydrogens (tertiary/aromatic N) is 1. The number of benzene rings is 1. The Labute approximate surface area is 139 Å². The molecule has 1 heterocycles. The quantitative estimate of drug-likeness (QED) is 0.810. The molecule has 2 rings (SSSR count). The number of amides is 1. The number of hydrogen-bond donors (Lipinski definition) is 1. The lowest BCUT2D eigenvalue weighted by Crippen LogP contribution is -2.21. The maximum atomic E-state index is 11.7. The molecule has 0 radical (unpaired) electrons. The first kappa shape index (κ1) is 16.2. The van der Waals surface area contributed by atoms with Gasteiger partial charge >= 0.3 is 5.97 Å². The van der Waals surface area contributed by atoms with Crippen LogP contribution in [0.5, 0.6) is 0 Å². The zero-order chi connectivity index (χ0) is 15.9. The summed E-state index contributed by atoms with van der Waals surface area (Å²) in [6.45, 7) is -0.377. The summed E-state index contributed by atoms with van der Waals surface area (Å²) in [7, 11) is 0. The molecule has 0 saturated heterocycles. The van der Waals surface area contributed by atoms with Crippen LogP contribution in [0.25, 0.3) is 0 Å². The maximum absolute atomic E-state index is 11.7. The molecule has 0 bridgehead atoms. The molecule has 1 amide bonds. The summed E-state index contributed by atoms with van der Waals surface area (Å²) in [5.41, 5.74) is 1.19. The van der Waals surface area contributed by atoms with E-state index in [-0.39, 0.29) is 13.0 Å². The minimum atomic E-state index is -0.482. The van der Waals surface area contributed by atoms with Crippen LogP contribution >= 0.6 is 27.3 Å². The average molecular weight is 379 g/mol. The minimum Gasteiger partial charge on any atom is -0.455 e. The van der Waals surface area contributed by atoms with Crippen LogP contribution in [0.15, 0.2) is 40.2 Å². The molecular formula is C15H11BrN2O3S. The molecule has 0 aliphatic rings. The molecule has 1 N–H and O–H groups in total. The number of thiophene rings is 1. The van der Waals surface area contributed by atoms with E-state index in [0.717, 1.165) is 10.0 Å². The number of nitriles is 1. The molecule has 7 heteroatoms. The normalized spacial score (nSPS) is 9.82. The van der Waals surface area contributed by atoms with E-state index in [1.165, 1.54) is 11.3 Å². The number of esters is 1. The molecular weight excluding hydrogens is 368 g/mol. The van der Waals surface area contributed by atoms with E-state index in [1.807, 2.05) is 18.2 Å². The van der Waals surface area contributed by atoms with Gasteiger partial charge in [-0.15, -0.1) is 11.3 Å². The van der Waals surface area contributed by atoms with Crippen LogP contribution < -0.4 is 5.32 Å². The van der Waals surface area contributed by atoms with Crippen molar-refractivity contribution >= 4 is 44.1 Å². The van der Waals surface area contributed by atoms with Gasteiger partial charge < -0.3 is 10.1 Å². The third-order valence-electron chi connectivity index (χ3n) is 2.66. The standard InChI is InChI=1S/C15H11BrN2O3S/c16-12-3-1-10(2-4-12)7-14(20)21-9-13(19)18-15-11(8-17)5-6-22-15/h1-6H,7,9H2,(H,18,19). The van der Waals surface area contributed by atoms with Crippen molar-refractivity contribution in [2.75, 3.05) is 11.9 Å². The molecule has 0 aliphatic heterocycles.